The first-order valence-electron chi connectivity index (χ1n) is 6.88. The van der Waals surface area contributed by atoms with Crippen LogP contribution in [0.1, 0.15) is 33.1 Å². The predicted octanol–water partition coefficient (Wildman–Crippen LogP) is 0.562. The molecule has 0 bridgehead atoms. The Morgan fingerprint density at radius 2 is 2.20 bits per heavy atom. The second-order valence-corrected chi connectivity index (χ2v) is 6.52. The van der Waals surface area contributed by atoms with Gasteiger partial charge in [-0.1, -0.05) is 20.3 Å². The van der Waals surface area contributed by atoms with Crippen molar-refractivity contribution in [1.82, 2.24) is 14.5 Å². The van der Waals surface area contributed by atoms with Crippen molar-refractivity contribution in [2.24, 2.45) is 5.92 Å². The van der Waals surface area contributed by atoms with Crippen LogP contribution in [-0.4, -0.2) is 36.5 Å². The fourth-order valence-corrected chi connectivity index (χ4v) is 3.09. The van der Waals surface area contributed by atoms with Crippen LogP contribution in [0.3, 0.4) is 0 Å². The van der Waals surface area contributed by atoms with Crippen molar-refractivity contribution < 1.29 is 13.5 Å². The number of aromatic nitrogens is 2. The molecule has 20 heavy (non-hydrogen) atoms. The Morgan fingerprint density at radius 1 is 1.50 bits per heavy atom. The maximum atomic E-state index is 12.2. The highest BCUT2D eigenvalue weighted by Crippen LogP contribution is 2.17. The van der Waals surface area contributed by atoms with Crippen LogP contribution in [0, 0.1) is 5.92 Å². The second kappa shape index (κ2) is 7.61. The van der Waals surface area contributed by atoms with E-state index in [0.717, 1.165) is 12.8 Å². The van der Waals surface area contributed by atoms with Crippen molar-refractivity contribution in [3.63, 3.8) is 0 Å². The second-order valence-electron chi connectivity index (χ2n) is 4.78. The molecule has 116 valence electrons. The number of aliphatic hydroxyl groups excluding tert-OH is 1. The maximum Gasteiger partial charge on any atom is 0.245 e. The summed E-state index contributed by atoms with van der Waals surface area (Å²) < 4.78 is 28.4. The number of nitrogens with zero attached hydrogens (tertiary/aromatic N) is 2. The number of hydrogen-bond donors (Lipinski definition) is 3. The molecule has 8 heteroatoms. The normalized spacial score (nSPS) is 13.6. The van der Waals surface area contributed by atoms with Gasteiger partial charge in [0.25, 0.3) is 0 Å². The smallest absolute Gasteiger partial charge is 0.245 e. The molecule has 1 unspecified atom stereocenters. The Kier molecular flexibility index (Phi) is 6.44. The summed E-state index contributed by atoms with van der Waals surface area (Å²) in [6.45, 7) is 4.91. The molecule has 0 aliphatic rings. The average Bonchev–Trinajstić information content (AvgIpc) is 2.77. The molecule has 0 aliphatic heterocycles. The predicted molar refractivity (Wildman–Crippen MR) is 77.6 cm³/mol. The quantitative estimate of drug-likeness (QED) is 0.617. The van der Waals surface area contributed by atoms with Crippen LogP contribution in [0.15, 0.2) is 11.1 Å². The van der Waals surface area contributed by atoms with Crippen molar-refractivity contribution in [3.8, 4) is 0 Å². The highest BCUT2D eigenvalue weighted by atomic mass is 32.2. The third-order valence-corrected chi connectivity index (χ3v) is 4.61. The van der Waals surface area contributed by atoms with Gasteiger partial charge in [-0.25, -0.2) is 13.1 Å². The first-order valence-corrected chi connectivity index (χ1v) is 8.36. The van der Waals surface area contributed by atoms with Gasteiger partial charge in [-0.15, -0.1) is 0 Å². The van der Waals surface area contributed by atoms with E-state index in [9.17, 15) is 8.42 Å². The topological polar surface area (TPSA) is 110 Å². The van der Waals surface area contributed by atoms with E-state index in [1.165, 1.54) is 10.9 Å². The number of nitrogens with one attached hydrogen (secondary N) is 1. The van der Waals surface area contributed by atoms with Crippen molar-refractivity contribution in [2.75, 3.05) is 18.9 Å². The highest BCUT2D eigenvalue weighted by Gasteiger charge is 2.21. The van der Waals surface area contributed by atoms with Crippen molar-refractivity contribution in [2.45, 2.75) is 44.6 Å². The molecule has 0 spiro atoms. The lowest BCUT2D eigenvalue weighted by atomic mass is 10.0. The van der Waals surface area contributed by atoms with E-state index in [1.54, 1.807) is 0 Å². The van der Waals surface area contributed by atoms with E-state index in [-0.39, 0.29) is 29.8 Å². The Hall–Kier alpha value is -1.12. The van der Waals surface area contributed by atoms with Gasteiger partial charge < -0.3 is 10.8 Å². The average molecular weight is 304 g/mol. The van der Waals surface area contributed by atoms with Crippen molar-refractivity contribution >= 4 is 15.8 Å². The van der Waals surface area contributed by atoms with Gasteiger partial charge in [-0.2, -0.15) is 5.10 Å². The molecule has 0 radical (unpaired) electrons. The van der Waals surface area contributed by atoms with E-state index in [0.29, 0.717) is 13.0 Å². The molecule has 0 saturated heterocycles. The van der Waals surface area contributed by atoms with E-state index in [2.05, 4.69) is 9.82 Å². The largest absolute Gasteiger partial charge is 0.396 e. The summed E-state index contributed by atoms with van der Waals surface area (Å²) >= 11 is 0. The minimum Gasteiger partial charge on any atom is -0.396 e. The maximum absolute atomic E-state index is 12.2. The zero-order chi connectivity index (χ0) is 15.2. The van der Waals surface area contributed by atoms with Crippen LogP contribution >= 0.6 is 0 Å². The number of sulfonamides is 1. The molecule has 0 saturated carbocycles. The van der Waals surface area contributed by atoms with Gasteiger partial charge in [-0.05, 0) is 18.8 Å². The van der Waals surface area contributed by atoms with Crippen LogP contribution in [0.2, 0.25) is 0 Å². The lowest BCUT2D eigenvalue weighted by Crippen LogP contribution is -2.30. The number of nitrogens with two attached hydrogens (primary N) is 1. The molecule has 1 aromatic rings. The Bertz CT molecular complexity index is 513. The first kappa shape index (κ1) is 16.9. The molecule has 1 heterocycles. The number of hydrogen-bond acceptors (Lipinski definition) is 5. The molecular weight excluding hydrogens is 280 g/mol. The molecule has 1 atom stereocenters. The molecule has 0 amide bonds. The van der Waals surface area contributed by atoms with Crippen LogP contribution in [-0.2, 0) is 16.6 Å². The minimum absolute atomic E-state index is 0.0150. The number of aliphatic hydroxyl groups is 1. The van der Waals surface area contributed by atoms with Crippen LogP contribution in [0.4, 0.5) is 5.82 Å². The van der Waals surface area contributed by atoms with Crippen LogP contribution < -0.4 is 10.5 Å². The Labute approximate surface area is 120 Å². The molecule has 1 aromatic heterocycles. The summed E-state index contributed by atoms with van der Waals surface area (Å²) in [5.41, 5.74) is 5.66. The fourth-order valence-electron chi connectivity index (χ4n) is 1.91. The summed E-state index contributed by atoms with van der Waals surface area (Å²) in [7, 11) is -3.65. The highest BCUT2D eigenvalue weighted by molar-refractivity contribution is 7.89. The lowest BCUT2D eigenvalue weighted by molar-refractivity contribution is 0.254. The van der Waals surface area contributed by atoms with E-state index in [4.69, 9.17) is 10.8 Å². The van der Waals surface area contributed by atoms with E-state index >= 15 is 0 Å². The molecule has 4 N–H and O–H groups in total. The number of aryl methyl sites for hydroxylation is 1. The van der Waals surface area contributed by atoms with Gasteiger partial charge in [0.1, 0.15) is 4.90 Å². The van der Waals surface area contributed by atoms with Crippen molar-refractivity contribution in [3.05, 3.63) is 6.20 Å². The molecule has 0 aromatic carbocycles. The monoisotopic (exact) mass is 304 g/mol. The van der Waals surface area contributed by atoms with E-state index < -0.39 is 10.0 Å². The van der Waals surface area contributed by atoms with Gasteiger partial charge in [0.2, 0.25) is 10.0 Å². The number of rotatable bonds is 9. The third-order valence-electron chi connectivity index (χ3n) is 3.17. The third kappa shape index (κ3) is 4.46. The zero-order valence-corrected chi connectivity index (χ0v) is 12.9. The van der Waals surface area contributed by atoms with Crippen LogP contribution in [0.25, 0.3) is 0 Å². The zero-order valence-electron chi connectivity index (χ0n) is 12.0. The summed E-state index contributed by atoms with van der Waals surface area (Å²) in [5, 5.41) is 12.9. The number of anilines is 1. The summed E-state index contributed by atoms with van der Waals surface area (Å²) in [6, 6.07) is 0. The summed E-state index contributed by atoms with van der Waals surface area (Å²) in [6.07, 6.45) is 3.67. The lowest BCUT2D eigenvalue weighted by Gasteiger charge is -2.14. The van der Waals surface area contributed by atoms with Gasteiger partial charge in [0, 0.05) is 25.9 Å². The minimum atomic E-state index is -3.65. The standard InChI is InChI=1S/C12H24N4O3S/c1-3-6-16-9-11(12(13)15-16)20(18,19)14-8-10(4-2)5-7-17/h9-10,14,17H,3-8H2,1-2H3,(H2,13,15). The molecule has 7 nitrogen and oxygen atoms in total. The van der Waals surface area contributed by atoms with Gasteiger partial charge in [-0.3, -0.25) is 4.68 Å². The molecule has 1 rings (SSSR count). The van der Waals surface area contributed by atoms with Gasteiger partial charge >= 0.3 is 0 Å². The molecular formula is C12H24N4O3S. The molecule has 0 aliphatic carbocycles. The summed E-state index contributed by atoms with van der Waals surface area (Å²) in [4.78, 5) is 0.0183. The Morgan fingerprint density at radius 3 is 2.75 bits per heavy atom. The Balaban J connectivity index is 2.78. The SMILES string of the molecule is CCCn1cc(S(=O)(=O)NCC(CC)CCO)c(N)n1. The van der Waals surface area contributed by atoms with Crippen LogP contribution in [0.5, 0.6) is 0 Å². The van der Waals surface area contributed by atoms with Crippen molar-refractivity contribution in [1.29, 1.82) is 0 Å². The van der Waals surface area contributed by atoms with Gasteiger partial charge in [0.05, 0.1) is 0 Å². The number of nitrogen functional groups attached to an aromatic ring is 1. The van der Waals surface area contributed by atoms with Gasteiger partial charge in [0.15, 0.2) is 5.82 Å². The fraction of sp³-hybridized carbons (Fsp3) is 0.750. The summed E-state index contributed by atoms with van der Waals surface area (Å²) in [5.74, 6) is 0.128. The first-order chi connectivity index (χ1) is 9.44. The molecule has 0 fully saturated rings. The van der Waals surface area contributed by atoms with E-state index in [1.807, 2.05) is 13.8 Å².